The Bertz CT molecular complexity index is 1320. The maximum atomic E-state index is 12.9. The molecule has 0 fully saturated rings. The van der Waals surface area contributed by atoms with Gasteiger partial charge in [-0.25, -0.2) is 14.8 Å². The van der Waals surface area contributed by atoms with Crippen LogP contribution in [0.15, 0.2) is 45.9 Å². The number of ether oxygens (including phenoxy) is 2. The van der Waals surface area contributed by atoms with Crippen molar-refractivity contribution in [2.75, 3.05) is 32.6 Å². The lowest BCUT2D eigenvalue weighted by Crippen LogP contribution is -2.19. The van der Waals surface area contributed by atoms with Crippen LogP contribution in [-0.2, 0) is 4.74 Å². The van der Waals surface area contributed by atoms with Crippen LogP contribution in [0.2, 0.25) is 0 Å². The number of rotatable bonds is 9. The van der Waals surface area contributed by atoms with E-state index in [1.54, 1.807) is 38.4 Å². The predicted molar refractivity (Wildman–Crippen MR) is 140 cm³/mol. The number of esters is 1. The van der Waals surface area contributed by atoms with Crippen LogP contribution in [0.5, 0.6) is 11.5 Å². The second-order valence-corrected chi connectivity index (χ2v) is 8.96. The number of nitrogens with zero attached hydrogens (tertiary/aromatic N) is 3. The van der Waals surface area contributed by atoms with Gasteiger partial charge in [-0.3, -0.25) is 0 Å². The molecule has 0 aliphatic carbocycles. The summed E-state index contributed by atoms with van der Waals surface area (Å²) in [6, 6.07) is 9.25. The summed E-state index contributed by atoms with van der Waals surface area (Å²) in [7, 11) is 3.98. The van der Waals surface area contributed by atoms with Gasteiger partial charge in [0.1, 0.15) is 12.4 Å². The molecule has 1 aliphatic heterocycles. The summed E-state index contributed by atoms with van der Waals surface area (Å²) in [5.74, 6) is 0.490. The molecule has 4 rings (SSSR count). The molecule has 3 aromatic rings. The monoisotopic (exact) mass is 490 g/mol. The number of likely N-dealkylation sites (N-methyl/N-ethyl adjacent to an activating group) is 1. The van der Waals surface area contributed by atoms with Crippen LogP contribution in [0.3, 0.4) is 0 Å². The molecular formula is C27H30N4O5. The Morgan fingerprint density at radius 2 is 2.08 bits per heavy atom. The minimum absolute atomic E-state index is 0.0794. The fraction of sp³-hybridized carbons (Fsp3) is 0.296. The Morgan fingerprint density at radius 1 is 1.28 bits per heavy atom. The Morgan fingerprint density at radius 3 is 2.81 bits per heavy atom. The third-order valence-corrected chi connectivity index (χ3v) is 5.42. The largest absolute Gasteiger partial charge is 0.504 e. The van der Waals surface area contributed by atoms with Crippen LogP contribution >= 0.6 is 0 Å². The molecule has 36 heavy (non-hydrogen) atoms. The van der Waals surface area contributed by atoms with Crippen molar-refractivity contribution in [1.82, 2.24) is 9.88 Å². The maximum absolute atomic E-state index is 12.9. The smallest absolute Gasteiger partial charge is 0.347 e. The van der Waals surface area contributed by atoms with Crippen LogP contribution in [0.1, 0.15) is 41.1 Å². The van der Waals surface area contributed by atoms with Crippen LogP contribution in [0.25, 0.3) is 11.6 Å². The van der Waals surface area contributed by atoms with Crippen molar-refractivity contribution in [3.8, 4) is 11.5 Å². The molecule has 0 saturated carbocycles. The molecule has 1 aromatic carbocycles. The van der Waals surface area contributed by atoms with Crippen molar-refractivity contribution in [2.24, 2.45) is 4.99 Å². The van der Waals surface area contributed by atoms with Gasteiger partial charge in [0.2, 0.25) is 5.88 Å². The molecule has 0 bridgehead atoms. The van der Waals surface area contributed by atoms with E-state index in [4.69, 9.17) is 13.9 Å². The number of aromatic nitrogens is 1. The van der Waals surface area contributed by atoms with Crippen molar-refractivity contribution in [2.45, 2.75) is 26.9 Å². The van der Waals surface area contributed by atoms with Crippen molar-refractivity contribution < 1.29 is 23.8 Å². The van der Waals surface area contributed by atoms with Gasteiger partial charge in [0.25, 0.3) is 0 Å². The highest BCUT2D eigenvalue weighted by Crippen LogP contribution is 2.40. The van der Waals surface area contributed by atoms with E-state index in [0.717, 1.165) is 23.4 Å². The van der Waals surface area contributed by atoms with Crippen LogP contribution in [0, 0.1) is 6.92 Å². The highest BCUT2D eigenvalue weighted by atomic mass is 16.5. The average Bonchev–Trinajstić information content (AvgIpc) is 3.36. The second kappa shape index (κ2) is 10.7. The van der Waals surface area contributed by atoms with E-state index in [-0.39, 0.29) is 29.1 Å². The van der Waals surface area contributed by atoms with E-state index in [9.17, 15) is 9.90 Å². The molecule has 0 saturated heterocycles. The number of hydrogen-bond donors (Lipinski definition) is 2. The average molecular weight is 491 g/mol. The summed E-state index contributed by atoms with van der Waals surface area (Å²) in [5, 5.41) is 14.1. The summed E-state index contributed by atoms with van der Waals surface area (Å²) in [6.07, 6.45) is 4.55. The number of carbonyl (C=O) groups is 1. The normalized spacial score (nSPS) is 13.5. The van der Waals surface area contributed by atoms with Crippen LogP contribution < -0.4 is 10.1 Å². The topological polar surface area (TPSA) is 109 Å². The minimum atomic E-state index is -0.693. The zero-order valence-electron chi connectivity index (χ0n) is 21.0. The number of carbonyl (C=O) groups excluding carboxylic acids is 1. The molecule has 0 spiro atoms. The molecule has 9 heteroatoms. The van der Waals surface area contributed by atoms with Gasteiger partial charge in [0.05, 0.1) is 6.10 Å². The number of benzene rings is 1. The van der Waals surface area contributed by atoms with Gasteiger partial charge < -0.3 is 29.2 Å². The molecule has 0 amide bonds. The summed E-state index contributed by atoms with van der Waals surface area (Å²) in [4.78, 5) is 23.4. The first-order valence-electron chi connectivity index (χ1n) is 11.7. The molecule has 0 radical (unpaired) electrons. The summed E-state index contributed by atoms with van der Waals surface area (Å²) in [5.41, 5.74) is 2.99. The van der Waals surface area contributed by atoms with Crippen molar-refractivity contribution in [3.05, 3.63) is 59.0 Å². The van der Waals surface area contributed by atoms with Gasteiger partial charge in [0, 0.05) is 35.8 Å². The van der Waals surface area contributed by atoms with Crippen LogP contribution in [0.4, 0.5) is 17.4 Å². The number of aryl methyl sites for hydroxylation is 1. The number of pyridine rings is 1. The van der Waals surface area contributed by atoms with E-state index < -0.39 is 5.97 Å². The molecule has 1 aliphatic rings. The number of allylic oxidation sites excluding steroid dienone is 1. The first-order chi connectivity index (χ1) is 17.2. The predicted octanol–water partition coefficient (Wildman–Crippen LogP) is 5.19. The van der Waals surface area contributed by atoms with Crippen molar-refractivity contribution in [1.29, 1.82) is 0 Å². The Labute approximate surface area is 210 Å². The number of furan rings is 1. The van der Waals surface area contributed by atoms with Crippen LogP contribution in [-0.4, -0.2) is 60.5 Å². The molecule has 9 nitrogen and oxygen atoms in total. The fourth-order valence-corrected chi connectivity index (χ4v) is 3.60. The Balaban J connectivity index is 1.66. The van der Waals surface area contributed by atoms with Gasteiger partial charge in [-0.2, -0.15) is 0 Å². The quantitative estimate of drug-likeness (QED) is 0.394. The number of nitrogens with one attached hydrogen (secondary N) is 1. The van der Waals surface area contributed by atoms with Gasteiger partial charge in [-0.1, -0.05) is 0 Å². The number of fused-ring (bicyclic) bond motifs is 1. The lowest BCUT2D eigenvalue weighted by atomic mass is 10.1. The Kier molecular flexibility index (Phi) is 7.40. The first-order valence-corrected chi connectivity index (χ1v) is 11.7. The number of aliphatic imine (C=N–C) groups is 1. The van der Waals surface area contributed by atoms with Gasteiger partial charge in [-0.15, -0.1) is 0 Å². The molecule has 0 unspecified atom stereocenters. The molecule has 0 atom stereocenters. The first kappa shape index (κ1) is 25.0. The van der Waals surface area contributed by atoms with E-state index >= 15 is 0 Å². The summed E-state index contributed by atoms with van der Waals surface area (Å²) in [6.45, 7) is 6.76. The fourth-order valence-electron chi connectivity index (χ4n) is 3.60. The minimum Gasteiger partial charge on any atom is -0.504 e. The van der Waals surface area contributed by atoms with E-state index in [1.807, 2.05) is 50.2 Å². The number of aromatic hydroxyl groups is 1. The summed E-state index contributed by atoms with van der Waals surface area (Å²) < 4.78 is 17.1. The van der Waals surface area contributed by atoms with Crippen molar-refractivity contribution >= 4 is 41.2 Å². The van der Waals surface area contributed by atoms with Gasteiger partial charge in [-0.05, 0) is 76.8 Å². The maximum Gasteiger partial charge on any atom is 0.347 e. The Hall–Kier alpha value is -4.11. The SMILES string of the molecule is Cc1cc(OCCN(C)C)ccc1Nc1oc(C=C2C=Nc3ncccc32)c(O)c1C(=O)OC(C)C. The lowest BCUT2D eigenvalue weighted by molar-refractivity contribution is 0.0376. The zero-order chi connectivity index (χ0) is 25.8. The van der Waals surface area contributed by atoms with Gasteiger partial charge >= 0.3 is 5.97 Å². The molecule has 3 heterocycles. The second-order valence-electron chi connectivity index (χ2n) is 8.96. The third-order valence-electron chi connectivity index (χ3n) is 5.42. The highest BCUT2D eigenvalue weighted by Gasteiger charge is 2.28. The molecule has 188 valence electrons. The molecule has 2 aromatic heterocycles. The summed E-state index contributed by atoms with van der Waals surface area (Å²) >= 11 is 0. The molecule has 2 N–H and O–H groups in total. The lowest BCUT2D eigenvalue weighted by Gasteiger charge is -2.14. The standard InChI is InChI=1S/C27H30N4O5/c1-16(2)35-27(33)23-24(32)22(14-18-15-29-25-20(18)7-6-10-28-25)36-26(23)30-21-9-8-19(13-17(21)3)34-12-11-31(4)5/h6-10,13-16,30,32H,11-12H2,1-5H3. The zero-order valence-corrected chi connectivity index (χ0v) is 21.0. The van der Waals surface area contributed by atoms with E-state index in [0.29, 0.717) is 23.7 Å². The van der Waals surface area contributed by atoms with E-state index in [2.05, 4.69) is 15.3 Å². The van der Waals surface area contributed by atoms with E-state index in [1.165, 1.54) is 0 Å². The van der Waals surface area contributed by atoms with Crippen molar-refractivity contribution in [3.63, 3.8) is 0 Å². The number of hydrogen-bond acceptors (Lipinski definition) is 9. The third kappa shape index (κ3) is 5.58. The molecular weight excluding hydrogens is 460 g/mol. The number of anilines is 2. The highest BCUT2D eigenvalue weighted by molar-refractivity contribution is 6.21. The van der Waals surface area contributed by atoms with Gasteiger partial charge in [0.15, 0.2) is 22.9 Å².